The van der Waals surface area contributed by atoms with Gasteiger partial charge in [-0.25, -0.2) is 4.98 Å². The molecule has 6 heteroatoms. The van der Waals surface area contributed by atoms with E-state index in [2.05, 4.69) is 19.8 Å². The SMILES string of the molecule is CCC(=O)N1CCC[C@H]1[C@H]1CCCN1c1nccc(OC)n1. The molecule has 2 fully saturated rings. The van der Waals surface area contributed by atoms with E-state index in [1.807, 2.05) is 6.92 Å². The van der Waals surface area contributed by atoms with Gasteiger partial charge in [0.25, 0.3) is 0 Å². The molecule has 22 heavy (non-hydrogen) atoms. The van der Waals surface area contributed by atoms with Crippen LogP contribution in [0.25, 0.3) is 0 Å². The molecule has 0 aliphatic carbocycles. The third-order valence-corrected chi connectivity index (χ3v) is 4.75. The number of rotatable bonds is 4. The van der Waals surface area contributed by atoms with E-state index in [4.69, 9.17) is 4.74 Å². The van der Waals surface area contributed by atoms with Crippen LogP contribution in [-0.4, -0.2) is 53.1 Å². The number of nitrogens with zero attached hydrogens (tertiary/aromatic N) is 4. The number of hydrogen-bond donors (Lipinski definition) is 0. The molecule has 0 spiro atoms. The summed E-state index contributed by atoms with van der Waals surface area (Å²) in [5.41, 5.74) is 0. The third kappa shape index (κ3) is 2.74. The predicted molar refractivity (Wildman–Crippen MR) is 84.0 cm³/mol. The average molecular weight is 304 g/mol. The Morgan fingerprint density at radius 3 is 2.86 bits per heavy atom. The number of amides is 1. The summed E-state index contributed by atoms with van der Waals surface area (Å²) >= 11 is 0. The van der Waals surface area contributed by atoms with Crippen molar-refractivity contribution in [3.8, 4) is 5.88 Å². The zero-order valence-electron chi connectivity index (χ0n) is 13.4. The second kappa shape index (κ2) is 6.50. The fraction of sp³-hybridized carbons (Fsp3) is 0.688. The lowest BCUT2D eigenvalue weighted by Crippen LogP contribution is -2.48. The van der Waals surface area contributed by atoms with Gasteiger partial charge in [0.15, 0.2) is 0 Å². The van der Waals surface area contributed by atoms with Gasteiger partial charge in [0.05, 0.1) is 19.2 Å². The predicted octanol–water partition coefficient (Wildman–Crippen LogP) is 1.85. The molecule has 6 nitrogen and oxygen atoms in total. The summed E-state index contributed by atoms with van der Waals surface area (Å²) in [5, 5.41) is 0. The Kier molecular flexibility index (Phi) is 4.45. The highest BCUT2D eigenvalue weighted by Gasteiger charge is 2.40. The molecule has 0 radical (unpaired) electrons. The lowest BCUT2D eigenvalue weighted by atomic mass is 10.0. The van der Waals surface area contributed by atoms with Crippen LogP contribution in [0, 0.1) is 0 Å². The molecule has 120 valence electrons. The van der Waals surface area contributed by atoms with Crippen LogP contribution in [0.3, 0.4) is 0 Å². The second-order valence-electron chi connectivity index (χ2n) is 5.95. The lowest BCUT2D eigenvalue weighted by molar-refractivity contribution is -0.132. The molecule has 3 heterocycles. The number of carbonyl (C=O) groups excluding carboxylic acids is 1. The van der Waals surface area contributed by atoms with E-state index in [1.54, 1.807) is 19.4 Å². The summed E-state index contributed by atoms with van der Waals surface area (Å²) in [7, 11) is 1.62. The molecule has 2 aliphatic rings. The van der Waals surface area contributed by atoms with Gasteiger partial charge in [0, 0.05) is 31.8 Å². The number of likely N-dealkylation sites (tertiary alicyclic amines) is 1. The second-order valence-corrected chi connectivity index (χ2v) is 5.95. The van der Waals surface area contributed by atoms with Crippen molar-refractivity contribution in [1.82, 2.24) is 14.9 Å². The zero-order valence-corrected chi connectivity index (χ0v) is 13.4. The molecule has 1 aromatic heterocycles. The van der Waals surface area contributed by atoms with E-state index in [9.17, 15) is 4.79 Å². The smallest absolute Gasteiger partial charge is 0.228 e. The lowest BCUT2D eigenvalue weighted by Gasteiger charge is -2.35. The van der Waals surface area contributed by atoms with Crippen molar-refractivity contribution in [3.63, 3.8) is 0 Å². The number of hydrogen-bond acceptors (Lipinski definition) is 5. The van der Waals surface area contributed by atoms with Gasteiger partial charge >= 0.3 is 0 Å². The topological polar surface area (TPSA) is 58.6 Å². The van der Waals surface area contributed by atoms with Crippen molar-refractivity contribution in [2.75, 3.05) is 25.1 Å². The molecule has 0 bridgehead atoms. The maximum Gasteiger partial charge on any atom is 0.228 e. The standard InChI is InChI=1S/C16H24N4O2/c1-3-15(21)19-10-4-6-12(19)13-7-5-11-20(13)16-17-9-8-14(18-16)22-2/h8-9,12-13H,3-7,10-11H2,1-2H3/t12-,13+/m0/s1. The van der Waals surface area contributed by atoms with Crippen LogP contribution in [-0.2, 0) is 4.79 Å². The van der Waals surface area contributed by atoms with Crippen molar-refractivity contribution in [2.24, 2.45) is 0 Å². The number of carbonyl (C=O) groups is 1. The van der Waals surface area contributed by atoms with E-state index in [-0.39, 0.29) is 5.91 Å². The largest absolute Gasteiger partial charge is 0.481 e. The fourth-order valence-corrected chi connectivity index (χ4v) is 3.73. The van der Waals surface area contributed by atoms with Crippen LogP contribution < -0.4 is 9.64 Å². The van der Waals surface area contributed by atoms with Gasteiger partial charge in [-0.3, -0.25) is 4.79 Å². The number of anilines is 1. The van der Waals surface area contributed by atoms with E-state index >= 15 is 0 Å². The van der Waals surface area contributed by atoms with Gasteiger partial charge in [-0.05, 0) is 25.7 Å². The summed E-state index contributed by atoms with van der Waals surface area (Å²) in [6.45, 7) is 3.78. The molecule has 1 aromatic rings. The van der Waals surface area contributed by atoms with Gasteiger partial charge in [-0.1, -0.05) is 6.92 Å². The molecular weight excluding hydrogens is 280 g/mol. The summed E-state index contributed by atoms with van der Waals surface area (Å²) in [5.74, 6) is 1.57. The number of aromatic nitrogens is 2. The quantitative estimate of drug-likeness (QED) is 0.849. The molecule has 1 amide bonds. The van der Waals surface area contributed by atoms with Crippen LogP contribution in [0.5, 0.6) is 5.88 Å². The molecule has 0 saturated carbocycles. The molecule has 2 atom stereocenters. The fourth-order valence-electron chi connectivity index (χ4n) is 3.73. The van der Waals surface area contributed by atoms with Crippen LogP contribution in [0.2, 0.25) is 0 Å². The molecule has 0 aromatic carbocycles. The first-order chi connectivity index (χ1) is 10.7. The third-order valence-electron chi connectivity index (χ3n) is 4.75. The summed E-state index contributed by atoms with van der Waals surface area (Å²) in [4.78, 5) is 25.4. The minimum atomic E-state index is 0.265. The first-order valence-electron chi connectivity index (χ1n) is 8.17. The van der Waals surface area contributed by atoms with Crippen LogP contribution in [0.15, 0.2) is 12.3 Å². The first-order valence-corrected chi connectivity index (χ1v) is 8.17. The van der Waals surface area contributed by atoms with Crippen LogP contribution in [0.4, 0.5) is 5.95 Å². The van der Waals surface area contributed by atoms with Crippen LogP contribution in [0.1, 0.15) is 39.0 Å². The van der Waals surface area contributed by atoms with Crippen molar-refractivity contribution < 1.29 is 9.53 Å². The van der Waals surface area contributed by atoms with Gasteiger partial charge in [-0.15, -0.1) is 0 Å². The summed E-state index contributed by atoms with van der Waals surface area (Å²) in [6.07, 6.45) is 6.71. The van der Waals surface area contributed by atoms with Gasteiger partial charge in [0.2, 0.25) is 17.7 Å². The number of ether oxygens (including phenoxy) is 1. The Balaban J connectivity index is 1.82. The molecule has 0 unspecified atom stereocenters. The molecule has 0 N–H and O–H groups in total. The van der Waals surface area contributed by atoms with Gasteiger partial charge in [-0.2, -0.15) is 4.98 Å². The van der Waals surface area contributed by atoms with Gasteiger partial charge < -0.3 is 14.5 Å². The van der Waals surface area contributed by atoms with Crippen molar-refractivity contribution in [2.45, 2.75) is 51.1 Å². The number of methoxy groups -OCH3 is 1. The van der Waals surface area contributed by atoms with Crippen molar-refractivity contribution >= 4 is 11.9 Å². The van der Waals surface area contributed by atoms with Crippen molar-refractivity contribution in [3.05, 3.63) is 12.3 Å². The summed E-state index contributed by atoms with van der Waals surface area (Å²) in [6, 6.07) is 2.38. The molecular formula is C16H24N4O2. The Morgan fingerprint density at radius 2 is 2.09 bits per heavy atom. The van der Waals surface area contributed by atoms with E-state index in [0.717, 1.165) is 44.7 Å². The maximum absolute atomic E-state index is 12.2. The monoisotopic (exact) mass is 304 g/mol. The van der Waals surface area contributed by atoms with Gasteiger partial charge in [0.1, 0.15) is 0 Å². The molecule has 3 rings (SSSR count). The Hall–Kier alpha value is -1.85. The maximum atomic E-state index is 12.2. The zero-order chi connectivity index (χ0) is 15.5. The van der Waals surface area contributed by atoms with Crippen molar-refractivity contribution in [1.29, 1.82) is 0 Å². The minimum Gasteiger partial charge on any atom is -0.481 e. The molecule has 2 aliphatic heterocycles. The summed E-state index contributed by atoms with van der Waals surface area (Å²) < 4.78 is 5.21. The highest BCUT2D eigenvalue weighted by atomic mass is 16.5. The average Bonchev–Trinajstić information content (AvgIpc) is 3.22. The minimum absolute atomic E-state index is 0.265. The highest BCUT2D eigenvalue weighted by molar-refractivity contribution is 5.76. The highest BCUT2D eigenvalue weighted by Crippen LogP contribution is 2.32. The van der Waals surface area contributed by atoms with E-state index in [1.165, 1.54) is 0 Å². The Labute approximate surface area is 131 Å². The van der Waals surface area contributed by atoms with E-state index in [0.29, 0.717) is 24.4 Å². The first kappa shape index (κ1) is 15.1. The Morgan fingerprint density at radius 1 is 1.32 bits per heavy atom. The Bertz CT molecular complexity index is 537. The molecule has 2 saturated heterocycles. The normalized spacial score (nSPS) is 24.8. The van der Waals surface area contributed by atoms with Crippen LogP contribution >= 0.6 is 0 Å². The van der Waals surface area contributed by atoms with E-state index < -0.39 is 0 Å².